The molecule has 39 heavy (non-hydrogen) atoms. The lowest BCUT2D eigenvalue weighted by atomic mass is 10.0. The largest absolute Gasteiger partial charge is 0.510 e. The van der Waals surface area contributed by atoms with E-state index in [-0.39, 0.29) is 13.2 Å². The quantitative estimate of drug-likeness (QED) is 0.127. The summed E-state index contributed by atoms with van der Waals surface area (Å²) in [5, 5.41) is 11.2. The van der Waals surface area contributed by atoms with Crippen LogP contribution in [0, 0.1) is 10.1 Å². The van der Waals surface area contributed by atoms with E-state index in [1.54, 1.807) is 48.5 Å². The van der Waals surface area contributed by atoms with Crippen molar-refractivity contribution < 1.29 is 48.0 Å². The molecule has 14 heteroatoms. The van der Waals surface area contributed by atoms with E-state index in [1.165, 1.54) is 24.0 Å². The lowest BCUT2D eigenvalue weighted by molar-refractivity contribution is -0.777. The summed E-state index contributed by atoms with van der Waals surface area (Å²) in [5.41, 5.74) is 2.25. The van der Waals surface area contributed by atoms with Crippen molar-refractivity contribution in [3.63, 3.8) is 0 Å². The van der Waals surface area contributed by atoms with Gasteiger partial charge in [0.2, 0.25) is 6.29 Å². The van der Waals surface area contributed by atoms with Crippen molar-refractivity contribution in [3.05, 3.63) is 81.9 Å². The molecular formula is C25H25N3O11. The summed E-state index contributed by atoms with van der Waals surface area (Å²) in [6, 6.07) is 13.2. The van der Waals surface area contributed by atoms with E-state index in [1.807, 2.05) is 0 Å². The van der Waals surface area contributed by atoms with Crippen molar-refractivity contribution in [1.29, 1.82) is 0 Å². The average molecular weight is 543 g/mol. The Balaban J connectivity index is 1.59. The molecule has 1 N–H and O–H groups in total. The van der Waals surface area contributed by atoms with Crippen LogP contribution in [0.3, 0.4) is 0 Å². The Labute approximate surface area is 222 Å². The van der Waals surface area contributed by atoms with Crippen LogP contribution in [-0.2, 0) is 35.0 Å². The Hall–Kier alpha value is -5.14. The number of benzene rings is 2. The molecule has 1 heterocycles. The fourth-order valence-corrected chi connectivity index (χ4v) is 3.70. The highest BCUT2D eigenvalue weighted by atomic mass is 17.0. The number of para-hydroxylation sites is 2. The van der Waals surface area contributed by atoms with Crippen LogP contribution in [0.25, 0.3) is 0 Å². The molecule has 2 aromatic rings. The highest BCUT2D eigenvalue weighted by Gasteiger charge is 2.32. The van der Waals surface area contributed by atoms with Gasteiger partial charge in [0.15, 0.2) is 0 Å². The van der Waals surface area contributed by atoms with Gasteiger partial charge in [0.05, 0.1) is 11.4 Å². The summed E-state index contributed by atoms with van der Waals surface area (Å²) in [6.07, 6.45) is -1.34. The van der Waals surface area contributed by atoms with Gasteiger partial charge in [0.1, 0.15) is 19.3 Å². The van der Waals surface area contributed by atoms with Crippen molar-refractivity contribution in [2.75, 3.05) is 18.1 Å². The maximum atomic E-state index is 13.2. The summed E-state index contributed by atoms with van der Waals surface area (Å²) in [7, 11) is 0. The highest BCUT2D eigenvalue weighted by Crippen LogP contribution is 2.41. The number of carbonyl (C=O) groups is 4. The first-order valence-electron chi connectivity index (χ1n) is 11.6. The Morgan fingerprint density at radius 3 is 2.38 bits per heavy atom. The second kappa shape index (κ2) is 13.4. The van der Waals surface area contributed by atoms with Gasteiger partial charge < -0.3 is 18.9 Å². The van der Waals surface area contributed by atoms with Gasteiger partial charge in [0, 0.05) is 18.9 Å². The molecule has 206 valence electrons. The first kappa shape index (κ1) is 28.4. The number of alkyl carbamates (subject to hydrolysis) is 1. The molecule has 2 unspecified atom stereocenters. The SMILES string of the molecule is CC(=O)OC1Cc2ccccc2N(C(=O)NC(=O)OCC=CCOC(=O)OC(C)O[N+](=O)[O-])c2ccccc21. The standard InChI is InChI=1S/C25H25N3O11/c1-16(29)37-22-15-18-9-3-5-11-20(18)27(21-12-6-4-10-19(21)22)23(30)26-24(31)35-13-7-8-14-36-25(32)38-17(2)39-28(33)34/h3-12,17,22H,13-15H2,1-2H3,(H,26,30,31). The second-order valence-electron chi connectivity index (χ2n) is 7.90. The predicted molar refractivity (Wildman–Crippen MR) is 132 cm³/mol. The van der Waals surface area contributed by atoms with Crippen LogP contribution < -0.4 is 10.2 Å². The molecule has 0 radical (unpaired) electrons. The number of hydrogen-bond donors (Lipinski definition) is 1. The molecule has 1 aliphatic rings. The zero-order valence-electron chi connectivity index (χ0n) is 20.9. The first-order valence-corrected chi connectivity index (χ1v) is 11.6. The second-order valence-corrected chi connectivity index (χ2v) is 7.90. The molecule has 2 aromatic carbocycles. The van der Waals surface area contributed by atoms with E-state index in [4.69, 9.17) is 9.47 Å². The summed E-state index contributed by atoms with van der Waals surface area (Å²) in [6.45, 7) is 1.90. The number of urea groups is 1. The van der Waals surface area contributed by atoms with Crippen LogP contribution in [0.1, 0.15) is 31.1 Å². The van der Waals surface area contributed by atoms with E-state index < -0.39 is 41.7 Å². The third-order valence-electron chi connectivity index (χ3n) is 5.15. The van der Waals surface area contributed by atoms with Gasteiger partial charge in [-0.2, -0.15) is 0 Å². The van der Waals surface area contributed by atoms with Crippen molar-refractivity contribution in [1.82, 2.24) is 5.32 Å². The number of ether oxygens (including phenoxy) is 4. The number of nitrogens with zero attached hydrogens (tertiary/aromatic N) is 2. The van der Waals surface area contributed by atoms with E-state index in [0.717, 1.165) is 12.5 Å². The maximum absolute atomic E-state index is 13.2. The summed E-state index contributed by atoms with van der Waals surface area (Å²) >= 11 is 0. The number of nitrogens with one attached hydrogen (secondary N) is 1. The number of imide groups is 1. The lowest BCUT2D eigenvalue weighted by Crippen LogP contribution is -2.41. The zero-order chi connectivity index (χ0) is 28.4. The highest BCUT2D eigenvalue weighted by molar-refractivity contribution is 6.07. The van der Waals surface area contributed by atoms with Crippen molar-refractivity contribution in [3.8, 4) is 0 Å². The van der Waals surface area contributed by atoms with E-state index >= 15 is 0 Å². The van der Waals surface area contributed by atoms with Gasteiger partial charge in [-0.3, -0.25) is 14.5 Å². The summed E-state index contributed by atoms with van der Waals surface area (Å²) in [4.78, 5) is 64.1. The Morgan fingerprint density at radius 2 is 1.69 bits per heavy atom. The van der Waals surface area contributed by atoms with Crippen LogP contribution >= 0.6 is 0 Å². The Morgan fingerprint density at radius 1 is 1.05 bits per heavy atom. The number of anilines is 2. The molecule has 14 nitrogen and oxygen atoms in total. The minimum absolute atomic E-state index is 0.264. The van der Waals surface area contributed by atoms with E-state index in [9.17, 15) is 29.3 Å². The minimum atomic E-state index is -1.45. The predicted octanol–water partition coefficient (Wildman–Crippen LogP) is 4.09. The minimum Gasteiger partial charge on any atom is -0.457 e. The molecule has 2 atom stereocenters. The fourth-order valence-electron chi connectivity index (χ4n) is 3.70. The summed E-state index contributed by atoms with van der Waals surface area (Å²) < 4.78 is 19.6. The number of fused-ring (bicyclic) bond motifs is 2. The van der Waals surface area contributed by atoms with Crippen LogP contribution in [-0.4, -0.2) is 48.8 Å². The van der Waals surface area contributed by atoms with Gasteiger partial charge in [-0.1, -0.05) is 36.4 Å². The number of esters is 1. The number of carbonyl (C=O) groups excluding carboxylic acids is 4. The molecule has 1 aliphatic heterocycles. The normalized spacial score (nSPS) is 14.6. The number of hydrogen-bond acceptors (Lipinski definition) is 11. The van der Waals surface area contributed by atoms with Crippen LogP contribution in [0.4, 0.5) is 25.8 Å². The van der Waals surface area contributed by atoms with Gasteiger partial charge in [-0.25, -0.2) is 19.7 Å². The van der Waals surface area contributed by atoms with Crippen molar-refractivity contribution >= 4 is 35.6 Å². The van der Waals surface area contributed by atoms with Gasteiger partial charge in [-0.05, 0) is 36.8 Å². The average Bonchev–Trinajstić information content (AvgIpc) is 2.99. The van der Waals surface area contributed by atoms with Gasteiger partial charge in [0.25, 0.3) is 5.09 Å². The third-order valence-corrected chi connectivity index (χ3v) is 5.15. The van der Waals surface area contributed by atoms with Crippen molar-refractivity contribution in [2.45, 2.75) is 32.7 Å². The molecule has 0 bridgehead atoms. The smallest absolute Gasteiger partial charge is 0.457 e. The van der Waals surface area contributed by atoms with Gasteiger partial charge >= 0.3 is 24.2 Å². The molecule has 0 spiro atoms. The molecule has 0 saturated heterocycles. The van der Waals surface area contributed by atoms with Crippen LogP contribution in [0.15, 0.2) is 60.7 Å². The van der Waals surface area contributed by atoms with Crippen LogP contribution in [0.2, 0.25) is 0 Å². The third kappa shape index (κ3) is 8.18. The zero-order valence-corrected chi connectivity index (χ0v) is 20.9. The van der Waals surface area contributed by atoms with Crippen molar-refractivity contribution in [2.24, 2.45) is 0 Å². The number of rotatable bonds is 8. The van der Waals surface area contributed by atoms with Gasteiger partial charge in [-0.15, -0.1) is 10.1 Å². The number of amides is 3. The first-order chi connectivity index (χ1) is 18.7. The Bertz CT molecular complexity index is 1260. The molecule has 0 aromatic heterocycles. The fraction of sp³-hybridized carbons (Fsp3) is 0.280. The summed E-state index contributed by atoms with van der Waals surface area (Å²) in [5.74, 6) is -0.470. The molecule has 0 fully saturated rings. The van der Waals surface area contributed by atoms with E-state index in [0.29, 0.717) is 23.4 Å². The molecule has 0 saturated carbocycles. The Kier molecular flexibility index (Phi) is 9.78. The van der Waals surface area contributed by atoms with Crippen LogP contribution in [0.5, 0.6) is 0 Å². The topological polar surface area (TPSA) is 173 Å². The molecule has 3 rings (SSSR count). The maximum Gasteiger partial charge on any atom is 0.510 e. The molecule has 3 amide bonds. The lowest BCUT2D eigenvalue weighted by Gasteiger charge is -2.25. The molecular weight excluding hydrogens is 518 g/mol. The monoisotopic (exact) mass is 543 g/mol. The molecule has 0 aliphatic carbocycles. The van der Waals surface area contributed by atoms with E-state index in [2.05, 4.69) is 19.6 Å².